The van der Waals surface area contributed by atoms with Crippen molar-refractivity contribution >= 4 is 43.2 Å². The van der Waals surface area contributed by atoms with Crippen molar-refractivity contribution in [3.63, 3.8) is 0 Å². The van der Waals surface area contributed by atoms with Gasteiger partial charge in [-0.25, -0.2) is 0 Å². The Labute approximate surface area is 130 Å². The Kier molecular flexibility index (Phi) is 5.69. The number of rotatable bonds is 4. The Morgan fingerprint density at radius 1 is 1.33 bits per heavy atom. The second-order valence-corrected chi connectivity index (χ2v) is 8.28. The largest absolute Gasteiger partial charge is 0.328 e. The van der Waals surface area contributed by atoms with Gasteiger partial charge in [-0.05, 0) is 70.2 Å². The third-order valence-corrected chi connectivity index (χ3v) is 6.96. The van der Waals surface area contributed by atoms with Crippen LogP contribution in [0, 0.1) is 0 Å². The molecular formula is C13H20Br2N2S. The number of halogens is 2. The number of nitrogens with zero attached hydrogens (tertiary/aromatic N) is 1. The molecule has 0 atom stereocenters. The molecule has 0 aliphatic heterocycles. The van der Waals surface area contributed by atoms with Crippen LogP contribution >= 0.6 is 43.2 Å². The van der Waals surface area contributed by atoms with Gasteiger partial charge in [0.25, 0.3) is 0 Å². The summed E-state index contributed by atoms with van der Waals surface area (Å²) in [4.78, 5) is 4.02. The van der Waals surface area contributed by atoms with Crippen LogP contribution in [-0.4, -0.2) is 23.5 Å². The van der Waals surface area contributed by atoms with Gasteiger partial charge in [-0.2, -0.15) is 0 Å². The van der Waals surface area contributed by atoms with Gasteiger partial charge in [-0.3, -0.25) is 4.90 Å². The summed E-state index contributed by atoms with van der Waals surface area (Å²) in [6, 6.07) is 3.38. The summed E-state index contributed by atoms with van der Waals surface area (Å²) in [6.45, 7) is 4.44. The molecule has 1 heterocycles. The number of nitrogens with two attached hydrogens (primary N) is 1. The van der Waals surface area contributed by atoms with E-state index in [1.54, 1.807) is 0 Å². The number of hydrogen-bond acceptors (Lipinski definition) is 3. The average Bonchev–Trinajstić information content (AvgIpc) is 2.67. The van der Waals surface area contributed by atoms with E-state index in [9.17, 15) is 0 Å². The Morgan fingerprint density at radius 3 is 2.50 bits per heavy atom. The SMILES string of the molecule is CCN(Cc1cc(Br)c(Br)s1)C1CCC(N)CC1. The fraction of sp³-hybridized carbons (Fsp3) is 0.692. The molecule has 0 radical (unpaired) electrons. The summed E-state index contributed by atoms with van der Waals surface area (Å²) < 4.78 is 2.36. The van der Waals surface area contributed by atoms with Crippen molar-refractivity contribution < 1.29 is 0 Å². The average molecular weight is 396 g/mol. The van der Waals surface area contributed by atoms with Crippen LogP contribution in [-0.2, 0) is 6.54 Å². The van der Waals surface area contributed by atoms with Gasteiger partial charge >= 0.3 is 0 Å². The second-order valence-electron chi connectivity index (χ2n) is 4.97. The lowest BCUT2D eigenvalue weighted by Crippen LogP contribution is -2.40. The highest BCUT2D eigenvalue weighted by atomic mass is 79.9. The molecule has 1 fully saturated rings. The van der Waals surface area contributed by atoms with E-state index < -0.39 is 0 Å². The molecule has 0 bridgehead atoms. The van der Waals surface area contributed by atoms with Crippen LogP contribution < -0.4 is 5.73 Å². The van der Waals surface area contributed by atoms with Gasteiger partial charge in [0.2, 0.25) is 0 Å². The summed E-state index contributed by atoms with van der Waals surface area (Å²) in [6.07, 6.45) is 4.86. The van der Waals surface area contributed by atoms with Crippen molar-refractivity contribution in [2.75, 3.05) is 6.54 Å². The lowest BCUT2D eigenvalue weighted by molar-refractivity contribution is 0.150. The summed E-state index contributed by atoms with van der Waals surface area (Å²) in [5, 5.41) is 0. The van der Waals surface area contributed by atoms with Crippen molar-refractivity contribution in [3.05, 3.63) is 19.2 Å². The van der Waals surface area contributed by atoms with Crippen molar-refractivity contribution in [1.82, 2.24) is 4.90 Å². The summed E-state index contributed by atoms with van der Waals surface area (Å²) in [7, 11) is 0. The maximum Gasteiger partial charge on any atom is 0.0843 e. The molecule has 102 valence electrons. The van der Waals surface area contributed by atoms with Gasteiger partial charge in [0, 0.05) is 28.0 Å². The molecule has 0 saturated heterocycles. The molecular weight excluding hydrogens is 376 g/mol. The van der Waals surface area contributed by atoms with Gasteiger partial charge in [-0.1, -0.05) is 6.92 Å². The topological polar surface area (TPSA) is 29.3 Å². The van der Waals surface area contributed by atoms with Crippen LogP contribution in [0.5, 0.6) is 0 Å². The third-order valence-electron chi connectivity index (χ3n) is 3.72. The molecule has 5 heteroatoms. The van der Waals surface area contributed by atoms with E-state index in [4.69, 9.17) is 5.73 Å². The monoisotopic (exact) mass is 394 g/mol. The molecule has 2 N–H and O–H groups in total. The van der Waals surface area contributed by atoms with E-state index in [0.29, 0.717) is 6.04 Å². The van der Waals surface area contributed by atoms with Gasteiger partial charge in [0.1, 0.15) is 0 Å². The molecule has 0 spiro atoms. The molecule has 2 nitrogen and oxygen atoms in total. The molecule has 1 saturated carbocycles. The third kappa shape index (κ3) is 3.79. The zero-order chi connectivity index (χ0) is 13.1. The molecule has 0 aromatic carbocycles. The minimum Gasteiger partial charge on any atom is -0.328 e. The fourth-order valence-corrected chi connectivity index (χ4v) is 4.84. The zero-order valence-electron chi connectivity index (χ0n) is 10.7. The Balaban J connectivity index is 1.96. The quantitative estimate of drug-likeness (QED) is 0.820. The van der Waals surface area contributed by atoms with Crippen molar-refractivity contribution in [2.24, 2.45) is 5.73 Å². The van der Waals surface area contributed by atoms with Crippen LogP contribution in [0.15, 0.2) is 14.3 Å². The fourth-order valence-electron chi connectivity index (χ4n) is 2.64. The normalized spacial score (nSPS) is 24.7. The predicted molar refractivity (Wildman–Crippen MR) is 86.0 cm³/mol. The minimum atomic E-state index is 0.435. The smallest absolute Gasteiger partial charge is 0.0843 e. The molecule has 1 aromatic heterocycles. The van der Waals surface area contributed by atoms with Gasteiger partial charge < -0.3 is 5.73 Å². The summed E-state index contributed by atoms with van der Waals surface area (Å²) in [5.41, 5.74) is 5.99. The lowest BCUT2D eigenvalue weighted by Gasteiger charge is -2.35. The van der Waals surface area contributed by atoms with E-state index in [2.05, 4.69) is 49.7 Å². The highest BCUT2D eigenvalue weighted by molar-refractivity contribution is 9.13. The van der Waals surface area contributed by atoms with Crippen molar-refractivity contribution in [3.8, 4) is 0 Å². The molecule has 1 aromatic rings. The lowest BCUT2D eigenvalue weighted by atomic mass is 9.90. The highest BCUT2D eigenvalue weighted by Gasteiger charge is 2.23. The van der Waals surface area contributed by atoms with Crippen molar-refractivity contribution in [2.45, 2.75) is 51.2 Å². The molecule has 18 heavy (non-hydrogen) atoms. The van der Waals surface area contributed by atoms with Crippen LogP contribution in [0.4, 0.5) is 0 Å². The van der Waals surface area contributed by atoms with Crippen LogP contribution in [0.2, 0.25) is 0 Å². The van der Waals surface area contributed by atoms with E-state index in [0.717, 1.165) is 19.1 Å². The van der Waals surface area contributed by atoms with E-state index in [-0.39, 0.29) is 0 Å². The second kappa shape index (κ2) is 6.84. The summed E-state index contributed by atoms with van der Waals surface area (Å²) in [5.74, 6) is 0. The van der Waals surface area contributed by atoms with Gasteiger partial charge in [0.05, 0.1) is 3.79 Å². The summed E-state index contributed by atoms with van der Waals surface area (Å²) >= 11 is 8.95. The van der Waals surface area contributed by atoms with E-state index >= 15 is 0 Å². The first-order valence-corrected chi connectivity index (χ1v) is 8.93. The molecule has 0 unspecified atom stereocenters. The maximum absolute atomic E-state index is 5.99. The molecule has 1 aliphatic carbocycles. The Bertz CT molecular complexity index is 367. The van der Waals surface area contributed by atoms with Crippen LogP contribution in [0.25, 0.3) is 0 Å². The van der Waals surface area contributed by atoms with E-state index in [1.807, 2.05) is 11.3 Å². The standard InChI is InChI=1S/C13H20Br2N2S/c1-2-17(10-5-3-9(16)4-6-10)8-11-7-12(14)13(15)18-11/h7,9-10H,2-6,8,16H2,1H3. The first kappa shape index (κ1) is 15.0. The molecule has 1 aliphatic rings. The van der Waals surface area contributed by atoms with Crippen LogP contribution in [0.1, 0.15) is 37.5 Å². The van der Waals surface area contributed by atoms with Gasteiger partial charge in [0.15, 0.2) is 0 Å². The maximum atomic E-state index is 5.99. The predicted octanol–water partition coefficient (Wildman–Crippen LogP) is 4.36. The zero-order valence-corrected chi connectivity index (χ0v) is 14.7. The van der Waals surface area contributed by atoms with Gasteiger partial charge in [-0.15, -0.1) is 11.3 Å². The molecule has 0 amide bonds. The minimum absolute atomic E-state index is 0.435. The molecule has 2 rings (SSSR count). The number of hydrogen-bond donors (Lipinski definition) is 1. The number of thiophene rings is 1. The Hall–Kier alpha value is 0.580. The first-order chi connectivity index (χ1) is 8.60. The van der Waals surface area contributed by atoms with Crippen molar-refractivity contribution in [1.29, 1.82) is 0 Å². The highest BCUT2D eigenvalue weighted by Crippen LogP contribution is 2.34. The van der Waals surface area contributed by atoms with Crippen LogP contribution in [0.3, 0.4) is 0 Å². The first-order valence-electron chi connectivity index (χ1n) is 6.53. The van der Waals surface area contributed by atoms with E-state index in [1.165, 1.54) is 38.8 Å². The Morgan fingerprint density at radius 2 is 2.00 bits per heavy atom.